The van der Waals surface area contributed by atoms with Crippen molar-refractivity contribution in [3.63, 3.8) is 0 Å². The van der Waals surface area contributed by atoms with Crippen LogP contribution in [0.1, 0.15) is 37.3 Å². The van der Waals surface area contributed by atoms with Gasteiger partial charge in [-0.1, -0.05) is 19.1 Å². The number of carbonyl (C=O) groups excluding carboxylic acids is 2. The zero-order chi connectivity index (χ0) is 23.4. The number of anilines is 3. The minimum absolute atomic E-state index is 0.0173. The van der Waals surface area contributed by atoms with Gasteiger partial charge in [-0.2, -0.15) is 5.26 Å². The fourth-order valence-corrected chi connectivity index (χ4v) is 4.47. The molecule has 2 amide bonds. The molecule has 172 valence electrons. The third kappa shape index (κ3) is 5.46. The third-order valence-electron chi connectivity index (χ3n) is 6.66. The Labute approximate surface area is 195 Å². The first-order chi connectivity index (χ1) is 15.9. The number of nitrogens with one attached hydrogen (secondary N) is 2. The quantitative estimate of drug-likeness (QED) is 0.709. The number of piperidine rings is 1. The molecule has 2 fully saturated rings. The van der Waals surface area contributed by atoms with Crippen LogP contribution in [-0.2, 0) is 16.1 Å². The molecule has 2 aliphatic rings. The average Bonchev–Trinajstić information content (AvgIpc) is 3.17. The average molecular weight is 446 g/mol. The first kappa shape index (κ1) is 22.7. The van der Waals surface area contributed by atoms with Gasteiger partial charge in [-0.15, -0.1) is 0 Å². The van der Waals surface area contributed by atoms with Gasteiger partial charge in [-0.05, 0) is 54.7 Å². The lowest BCUT2D eigenvalue weighted by Crippen LogP contribution is -2.33. The van der Waals surface area contributed by atoms with Crippen LogP contribution in [-0.4, -0.2) is 43.4 Å². The van der Waals surface area contributed by atoms with E-state index in [0.717, 1.165) is 54.5 Å². The molecule has 0 aromatic heterocycles. The van der Waals surface area contributed by atoms with Gasteiger partial charge in [0.1, 0.15) is 6.07 Å². The molecule has 2 saturated heterocycles. The van der Waals surface area contributed by atoms with Gasteiger partial charge in [0.05, 0.1) is 17.2 Å². The van der Waals surface area contributed by atoms with Crippen LogP contribution in [0.15, 0.2) is 42.5 Å². The number of hydrogen-bond acceptors (Lipinski definition) is 5. The molecule has 7 nitrogen and oxygen atoms in total. The van der Waals surface area contributed by atoms with Crippen molar-refractivity contribution in [2.75, 3.05) is 36.9 Å². The summed E-state index contributed by atoms with van der Waals surface area (Å²) >= 11 is 0. The molecule has 0 bridgehead atoms. The van der Waals surface area contributed by atoms with E-state index < -0.39 is 0 Å². The Bertz CT molecular complexity index is 1050. The van der Waals surface area contributed by atoms with Crippen LogP contribution in [0, 0.1) is 23.2 Å². The molecule has 2 aromatic carbocycles. The van der Waals surface area contributed by atoms with Crippen molar-refractivity contribution >= 4 is 28.9 Å². The number of carbonyl (C=O) groups is 2. The van der Waals surface area contributed by atoms with Crippen molar-refractivity contribution in [1.29, 1.82) is 5.26 Å². The Kier molecular flexibility index (Phi) is 6.83. The van der Waals surface area contributed by atoms with Gasteiger partial charge in [0.2, 0.25) is 11.8 Å². The summed E-state index contributed by atoms with van der Waals surface area (Å²) in [5, 5.41) is 16.0. The van der Waals surface area contributed by atoms with Crippen LogP contribution in [0.3, 0.4) is 0 Å². The molecule has 2 aromatic rings. The molecule has 33 heavy (non-hydrogen) atoms. The van der Waals surface area contributed by atoms with E-state index in [4.69, 9.17) is 0 Å². The molecule has 2 aliphatic heterocycles. The van der Waals surface area contributed by atoms with E-state index in [1.807, 2.05) is 42.5 Å². The van der Waals surface area contributed by atoms with Crippen molar-refractivity contribution in [3.8, 4) is 6.07 Å². The van der Waals surface area contributed by atoms with Crippen molar-refractivity contribution in [2.24, 2.45) is 11.8 Å². The number of rotatable bonds is 6. The molecular weight excluding hydrogens is 414 g/mol. The lowest BCUT2D eigenvalue weighted by molar-refractivity contribution is -0.128. The normalized spacial score (nSPS) is 18.8. The summed E-state index contributed by atoms with van der Waals surface area (Å²) < 4.78 is 0. The highest BCUT2D eigenvalue weighted by Gasteiger charge is 2.31. The number of hydrogen-bond donors (Lipinski definition) is 2. The Morgan fingerprint density at radius 1 is 1.12 bits per heavy atom. The van der Waals surface area contributed by atoms with E-state index in [2.05, 4.69) is 28.5 Å². The Morgan fingerprint density at radius 3 is 2.45 bits per heavy atom. The monoisotopic (exact) mass is 445 g/mol. The summed E-state index contributed by atoms with van der Waals surface area (Å²) in [5.74, 6) is 0.414. The van der Waals surface area contributed by atoms with E-state index >= 15 is 0 Å². The molecule has 1 unspecified atom stereocenters. The smallest absolute Gasteiger partial charge is 0.225 e. The van der Waals surface area contributed by atoms with Crippen LogP contribution >= 0.6 is 0 Å². The highest BCUT2D eigenvalue weighted by atomic mass is 16.2. The summed E-state index contributed by atoms with van der Waals surface area (Å²) in [5.41, 5.74) is 4.47. The van der Waals surface area contributed by atoms with Gasteiger partial charge in [-0.3, -0.25) is 9.59 Å². The van der Waals surface area contributed by atoms with E-state index in [0.29, 0.717) is 18.7 Å². The van der Waals surface area contributed by atoms with E-state index in [1.165, 1.54) is 0 Å². The SMILES string of the molecule is CC1CCN(c2ccc(Nc3ccc(CNC(=O)C4CC(=O)N(C)C4)cc3)cc2C#N)CC1. The zero-order valence-electron chi connectivity index (χ0n) is 19.3. The summed E-state index contributed by atoms with van der Waals surface area (Å²) in [6.07, 6.45) is 2.60. The summed E-state index contributed by atoms with van der Waals surface area (Å²) in [6.45, 7) is 5.18. The lowest BCUT2D eigenvalue weighted by atomic mass is 9.98. The highest BCUT2D eigenvalue weighted by Crippen LogP contribution is 2.29. The van der Waals surface area contributed by atoms with Crippen molar-refractivity contribution in [2.45, 2.75) is 32.7 Å². The van der Waals surface area contributed by atoms with Gasteiger partial charge >= 0.3 is 0 Å². The summed E-state index contributed by atoms with van der Waals surface area (Å²) in [4.78, 5) is 27.8. The van der Waals surface area contributed by atoms with Gasteiger partial charge < -0.3 is 20.4 Å². The lowest BCUT2D eigenvalue weighted by Gasteiger charge is -2.32. The molecule has 0 radical (unpaired) electrons. The van der Waals surface area contributed by atoms with Gasteiger partial charge in [0.25, 0.3) is 0 Å². The van der Waals surface area contributed by atoms with Crippen molar-refractivity contribution in [3.05, 3.63) is 53.6 Å². The Balaban J connectivity index is 1.33. The molecule has 2 heterocycles. The van der Waals surface area contributed by atoms with Crippen molar-refractivity contribution < 1.29 is 9.59 Å². The minimum atomic E-state index is -0.269. The molecule has 4 rings (SSSR count). The second-order valence-corrected chi connectivity index (χ2v) is 9.23. The highest BCUT2D eigenvalue weighted by molar-refractivity contribution is 5.89. The fraction of sp³-hybridized carbons (Fsp3) is 0.423. The molecule has 0 aliphatic carbocycles. The topological polar surface area (TPSA) is 88.5 Å². The van der Waals surface area contributed by atoms with E-state index in [9.17, 15) is 14.9 Å². The maximum Gasteiger partial charge on any atom is 0.225 e. The van der Waals surface area contributed by atoms with Crippen LogP contribution in [0.5, 0.6) is 0 Å². The molecule has 1 atom stereocenters. The Hall–Kier alpha value is -3.53. The molecule has 2 N–H and O–H groups in total. The molecule has 0 spiro atoms. The largest absolute Gasteiger partial charge is 0.370 e. The predicted molar refractivity (Wildman–Crippen MR) is 129 cm³/mol. The van der Waals surface area contributed by atoms with Crippen LogP contribution in [0.4, 0.5) is 17.1 Å². The minimum Gasteiger partial charge on any atom is -0.370 e. The van der Waals surface area contributed by atoms with Crippen LogP contribution < -0.4 is 15.5 Å². The molecule has 0 saturated carbocycles. The molecular formula is C26H31N5O2. The Morgan fingerprint density at radius 2 is 1.82 bits per heavy atom. The third-order valence-corrected chi connectivity index (χ3v) is 6.66. The summed E-state index contributed by atoms with van der Waals surface area (Å²) in [7, 11) is 1.72. The maximum absolute atomic E-state index is 12.3. The van der Waals surface area contributed by atoms with Crippen LogP contribution in [0.2, 0.25) is 0 Å². The second-order valence-electron chi connectivity index (χ2n) is 9.23. The van der Waals surface area contributed by atoms with Gasteiger partial charge in [0, 0.05) is 51.0 Å². The first-order valence-electron chi connectivity index (χ1n) is 11.6. The standard InChI is InChI=1S/C26H31N5O2/c1-18-9-11-31(12-10-18)24-8-7-23(13-20(24)15-27)29-22-5-3-19(4-6-22)16-28-26(33)21-14-25(32)30(2)17-21/h3-8,13,18,21,29H,9-12,14,16-17H2,1-2H3,(H,28,33). The number of likely N-dealkylation sites (tertiary alicyclic amines) is 1. The number of amides is 2. The van der Waals surface area contributed by atoms with Gasteiger partial charge in [-0.25, -0.2) is 0 Å². The number of benzene rings is 2. The summed E-state index contributed by atoms with van der Waals surface area (Å²) in [6, 6.07) is 16.1. The fourth-order valence-electron chi connectivity index (χ4n) is 4.47. The number of nitriles is 1. The molecule has 7 heteroatoms. The number of nitrogens with zero attached hydrogens (tertiary/aromatic N) is 3. The van der Waals surface area contributed by atoms with Crippen LogP contribution in [0.25, 0.3) is 0 Å². The van der Waals surface area contributed by atoms with Crippen molar-refractivity contribution in [1.82, 2.24) is 10.2 Å². The van der Waals surface area contributed by atoms with Gasteiger partial charge in [0.15, 0.2) is 0 Å². The second kappa shape index (κ2) is 9.95. The first-order valence-corrected chi connectivity index (χ1v) is 11.6. The zero-order valence-corrected chi connectivity index (χ0v) is 19.3. The maximum atomic E-state index is 12.3. The predicted octanol–water partition coefficient (Wildman–Crippen LogP) is 3.63. The van der Waals surface area contributed by atoms with E-state index in [1.54, 1.807) is 11.9 Å². The van der Waals surface area contributed by atoms with E-state index in [-0.39, 0.29) is 24.2 Å².